The molecule has 0 aliphatic carbocycles. The summed E-state index contributed by atoms with van der Waals surface area (Å²) >= 11 is 1.35. The fourth-order valence-corrected chi connectivity index (χ4v) is 3.73. The SMILES string of the molecule is CC1(O)CCN(C(=O)c2sc(N3CCNCC3)nc2N)C1. The second-order valence-electron chi connectivity index (χ2n) is 5.92. The summed E-state index contributed by atoms with van der Waals surface area (Å²) in [5.41, 5.74) is 5.14. The molecule has 7 nitrogen and oxygen atoms in total. The second-order valence-corrected chi connectivity index (χ2v) is 6.90. The van der Waals surface area contributed by atoms with Crippen molar-refractivity contribution >= 4 is 28.2 Å². The van der Waals surface area contributed by atoms with Gasteiger partial charge in [0, 0.05) is 39.3 Å². The molecule has 2 fully saturated rings. The number of anilines is 2. The summed E-state index contributed by atoms with van der Waals surface area (Å²) in [5.74, 6) is 0.175. The third kappa shape index (κ3) is 2.97. The number of piperazine rings is 1. The first-order valence-corrected chi connectivity index (χ1v) is 8.01. The van der Waals surface area contributed by atoms with Gasteiger partial charge in [-0.05, 0) is 13.3 Å². The average Bonchev–Trinajstić information content (AvgIpc) is 3.02. The van der Waals surface area contributed by atoms with Crippen molar-refractivity contribution in [1.82, 2.24) is 15.2 Å². The lowest BCUT2D eigenvalue weighted by Gasteiger charge is -2.26. The van der Waals surface area contributed by atoms with Crippen LogP contribution in [0.25, 0.3) is 0 Å². The molecule has 1 unspecified atom stereocenters. The Morgan fingerprint density at radius 1 is 1.43 bits per heavy atom. The Balaban J connectivity index is 1.76. The summed E-state index contributed by atoms with van der Waals surface area (Å²) < 4.78 is 0. The van der Waals surface area contributed by atoms with E-state index in [1.807, 2.05) is 0 Å². The molecule has 1 amide bonds. The van der Waals surface area contributed by atoms with Crippen molar-refractivity contribution in [1.29, 1.82) is 0 Å². The Morgan fingerprint density at radius 2 is 2.14 bits per heavy atom. The normalized spacial score (nSPS) is 26.4. The molecule has 3 heterocycles. The summed E-state index contributed by atoms with van der Waals surface area (Å²) in [5, 5.41) is 14.1. The smallest absolute Gasteiger partial charge is 0.267 e. The molecular weight excluding hydrogens is 290 g/mol. The van der Waals surface area contributed by atoms with E-state index in [0.29, 0.717) is 30.2 Å². The van der Waals surface area contributed by atoms with Gasteiger partial charge in [-0.2, -0.15) is 0 Å². The molecule has 0 bridgehead atoms. The monoisotopic (exact) mass is 311 g/mol. The molecule has 2 saturated heterocycles. The molecule has 0 aromatic carbocycles. The molecular formula is C13H21N5O2S. The molecule has 0 saturated carbocycles. The Labute approximate surface area is 127 Å². The Kier molecular flexibility index (Phi) is 3.76. The van der Waals surface area contributed by atoms with Crippen LogP contribution in [0.15, 0.2) is 0 Å². The molecule has 116 valence electrons. The number of nitrogens with two attached hydrogens (primary N) is 1. The zero-order chi connectivity index (χ0) is 15.0. The van der Waals surface area contributed by atoms with Crippen LogP contribution < -0.4 is 16.0 Å². The number of carbonyl (C=O) groups is 1. The fourth-order valence-electron chi connectivity index (χ4n) is 2.73. The number of likely N-dealkylation sites (tertiary alicyclic amines) is 1. The van der Waals surface area contributed by atoms with E-state index >= 15 is 0 Å². The minimum absolute atomic E-state index is 0.121. The van der Waals surface area contributed by atoms with E-state index in [1.54, 1.807) is 11.8 Å². The summed E-state index contributed by atoms with van der Waals surface area (Å²) in [6.07, 6.45) is 0.599. The van der Waals surface area contributed by atoms with Crippen molar-refractivity contribution in [2.45, 2.75) is 18.9 Å². The lowest BCUT2D eigenvalue weighted by Crippen LogP contribution is -2.43. The highest BCUT2D eigenvalue weighted by atomic mass is 32.1. The molecule has 0 spiro atoms. The Hall–Kier alpha value is -1.38. The van der Waals surface area contributed by atoms with E-state index in [1.165, 1.54) is 11.3 Å². The minimum Gasteiger partial charge on any atom is -0.388 e. The first-order valence-electron chi connectivity index (χ1n) is 7.20. The molecule has 2 aliphatic rings. The summed E-state index contributed by atoms with van der Waals surface area (Å²) in [6, 6.07) is 0. The quantitative estimate of drug-likeness (QED) is 0.696. The third-order valence-electron chi connectivity index (χ3n) is 3.96. The number of hydrogen-bond donors (Lipinski definition) is 3. The highest BCUT2D eigenvalue weighted by Gasteiger charge is 2.36. The molecule has 3 rings (SSSR count). The van der Waals surface area contributed by atoms with Gasteiger partial charge < -0.3 is 26.0 Å². The highest BCUT2D eigenvalue weighted by Crippen LogP contribution is 2.31. The zero-order valence-corrected chi connectivity index (χ0v) is 12.9. The van der Waals surface area contributed by atoms with Crippen molar-refractivity contribution in [2.75, 3.05) is 49.9 Å². The van der Waals surface area contributed by atoms with Crippen LogP contribution in [-0.2, 0) is 0 Å². The molecule has 1 atom stereocenters. The molecule has 4 N–H and O–H groups in total. The van der Waals surface area contributed by atoms with E-state index in [-0.39, 0.29) is 5.91 Å². The average molecular weight is 311 g/mol. The van der Waals surface area contributed by atoms with Gasteiger partial charge in [0.15, 0.2) is 5.13 Å². The maximum Gasteiger partial charge on any atom is 0.267 e. The van der Waals surface area contributed by atoms with Crippen molar-refractivity contribution in [3.63, 3.8) is 0 Å². The number of nitrogen functional groups attached to an aromatic ring is 1. The third-order valence-corrected chi connectivity index (χ3v) is 5.08. The number of hydrogen-bond acceptors (Lipinski definition) is 7. The number of aliphatic hydroxyl groups is 1. The first kappa shape index (κ1) is 14.6. The number of carbonyl (C=O) groups excluding carboxylic acids is 1. The van der Waals surface area contributed by atoms with Gasteiger partial charge >= 0.3 is 0 Å². The van der Waals surface area contributed by atoms with Gasteiger partial charge in [-0.15, -0.1) is 0 Å². The van der Waals surface area contributed by atoms with Gasteiger partial charge in [-0.1, -0.05) is 11.3 Å². The number of rotatable bonds is 2. The van der Waals surface area contributed by atoms with Gasteiger partial charge in [-0.25, -0.2) is 4.98 Å². The predicted molar refractivity (Wildman–Crippen MR) is 82.8 cm³/mol. The molecule has 1 aromatic heterocycles. The number of amides is 1. The largest absolute Gasteiger partial charge is 0.388 e. The van der Waals surface area contributed by atoms with E-state index in [9.17, 15) is 9.90 Å². The van der Waals surface area contributed by atoms with E-state index in [2.05, 4.69) is 15.2 Å². The lowest BCUT2D eigenvalue weighted by molar-refractivity contribution is 0.0575. The number of aromatic nitrogens is 1. The number of nitrogens with zero attached hydrogens (tertiary/aromatic N) is 3. The van der Waals surface area contributed by atoms with E-state index < -0.39 is 5.60 Å². The number of nitrogens with one attached hydrogen (secondary N) is 1. The molecule has 21 heavy (non-hydrogen) atoms. The molecule has 8 heteroatoms. The van der Waals surface area contributed by atoms with Crippen LogP contribution in [0.4, 0.5) is 10.9 Å². The maximum absolute atomic E-state index is 12.5. The van der Waals surface area contributed by atoms with Crippen LogP contribution in [0.2, 0.25) is 0 Å². The van der Waals surface area contributed by atoms with E-state index in [4.69, 9.17) is 5.73 Å². The Bertz CT molecular complexity index is 539. The van der Waals surface area contributed by atoms with Crippen LogP contribution in [-0.4, -0.2) is 65.8 Å². The van der Waals surface area contributed by atoms with Crippen LogP contribution in [0.1, 0.15) is 23.0 Å². The van der Waals surface area contributed by atoms with Crippen molar-refractivity contribution in [3.8, 4) is 0 Å². The van der Waals surface area contributed by atoms with Crippen molar-refractivity contribution in [2.24, 2.45) is 0 Å². The van der Waals surface area contributed by atoms with Crippen molar-refractivity contribution in [3.05, 3.63) is 4.88 Å². The fraction of sp³-hybridized carbons (Fsp3) is 0.692. The number of β-amino-alcohol motifs (C(OH)–C–C–N with tert-alkyl or cyclic N) is 1. The molecule has 1 aromatic rings. The summed E-state index contributed by atoms with van der Waals surface area (Å²) in [4.78, 5) is 21.2. The molecule has 2 aliphatic heterocycles. The van der Waals surface area contributed by atoms with Gasteiger partial charge in [0.2, 0.25) is 0 Å². The van der Waals surface area contributed by atoms with Gasteiger partial charge in [0.25, 0.3) is 5.91 Å². The van der Waals surface area contributed by atoms with Crippen LogP contribution >= 0.6 is 11.3 Å². The van der Waals surface area contributed by atoms with Crippen LogP contribution in [0.3, 0.4) is 0 Å². The van der Waals surface area contributed by atoms with Crippen LogP contribution in [0.5, 0.6) is 0 Å². The van der Waals surface area contributed by atoms with Gasteiger partial charge in [-0.3, -0.25) is 4.79 Å². The number of thiazole rings is 1. The lowest BCUT2D eigenvalue weighted by atomic mass is 10.1. The van der Waals surface area contributed by atoms with Gasteiger partial charge in [0.05, 0.1) is 5.60 Å². The summed E-state index contributed by atoms with van der Waals surface area (Å²) in [7, 11) is 0. The van der Waals surface area contributed by atoms with Crippen LogP contribution in [0, 0.1) is 0 Å². The van der Waals surface area contributed by atoms with E-state index in [0.717, 1.165) is 31.3 Å². The first-order chi connectivity index (χ1) is 9.96. The zero-order valence-electron chi connectivity index (χ0n) is 12.1. The predicted octanol–water partition coefficient (Wildman–Crippen LogP) is -0.268. The molecule has 0 radical (unpaired) electrons. The minimum atomic E-state index is -0.795. The summed E-state index contributed by atoms with van der Waals surface area (Å²) in [6.45, 7) is 6.24. The van der Waals surface area contributed by atoms with Crippen molar-refractivity contribution < 1.29 is 9.90 Å². The van der Waals surface area contributed by atoms with Gasteiger partial charge in [0.1, 0.15) is 10.7 Å². The standard InChI is InChI=1S/C13H21N5O2S/c1-13(20)2-5-18(8-13)11(19)9-10(14)16-12(21-9)17-6-3-15-4-7-17/h15,20H,2-8,14H2,1H3. The topological polar surface area (TPSA) is 94.7 Å². The second kappa shape index (κ2) is 5.43. The Morgan fingerprint density at radius 3 is 2.76 bits per heavy atom. The maximum atomic E-state index is 12.5. The highest BCUT2D eigenvalue weighted by molar-refractivity contribution is 7.18.